The van der Waals surface area contributed by atoms with Crippen LogP contribution in [0.2, 0.25) is 0 Å². The van der Waals surface area contributed by atoms with Crippen molar-refractivity contribution in [1.82, 2.24) is 0 Å². The summed E-state index contributed by atoms with van der Waals surface area (Å²) in [5.41, 5.74) is -0.309. The maximum atomic E-state index is 12.5. The van der Waals surface area contributed by atoms with Gasteiger partial charge < -0.3 is 28.8 Å². The zero-order valence-corrected chi connectivity index (χ0v) is 19.2. The third-order valence-electron chi connectivity index (χ3n) is 8.73. The van der Waals surface area contributed by atoms with Crippen molar-refractivity contribution in [2.75, 3.05) is 6.61 Å². The van der Waals surface area contributed by atoms with Crippen LogP contribution >= 0.6 is 0 Å². The fourth-order valence-corrected chi connectivity index (χ4v) is 7.43. The molecule has 7 unspecified atom stereocenters. The summed E-state index contributed by atoms with van der Waals surface area (Å²) in [6, 6.07) is 0. The summed E-state index contributed by atoms with van der Waals surface area (Å²) in [6.45, 7) is 2.32. The molecule has 0 amide bonds. The number of rotatable bonds is 4. The van der Waals surface area contributed by atoms with E-state index in [1.807, 2.05) is 0 Å². The lowest BCUT2D eigenvalue weighted by atomic mass is 9.47. The Bertz CT molecular complexity index is 990. The van der Waals surface area contributed by atoms with E-state index >= 15 is 0 Å². The molecule has 4 saturated carbocycles. The molecule has 4 bridgehead atoms. The van der Waals surface area contributed by atoms with Crippen molar-refractivity contribution in [3.8, 4) is 0 Å². The van der Waals surface area contributed by atoms with Gasteiger partial charge in [0.1, 0.15) is 6.10 Å². The predicted molar refractivity (Wildman–Crippen MR) is 106 cm³/mol. The number of carbonyl (C=O) groups is 2. The smallest absolute Gasteiger partial charge is 0.338 e. The van der Waals surface area contributed by atoms with E-state index in [-0.39, 0.29) is 23.9 Å². The number of carbonyl (C=O) groups excluding carboxylic acids is 2. The van der Waals surface area contributed by atoms with Gasteiger partial charge in [0.2, 0.25) is 0 Å². The van der Waals surface area contributed by atoms with Gasteiger partial charge >= 0.3 is 11.9 Å². The Morgan fingerprint density at radius 2 is 1.79 bits per heavy atom. The first-order valence-electron chi connectivity index (χ1n) is 11.4. The lowest BCUT2D eigenvalue weighted by molar-refractivity contribution is -0.337. The monoisotopic (exact) mass is 488 g/mol. The molecule has 3 saturated heterocycles. The first-order valence-corrected chi connectivity index (χ1v) is 12.8. The number of esters is 2. The van der Waals surface area contributed by atoms with Crippen LogP contribution in [0.5, 0.6) is 0 Å². The first-order chi connectivity index (χ1) is 15.4. The summed E-state index contributed by atoms with van der Waals surface area (Å²) in [4.78, 5) is 24.2. The topological polar surface area (TPSA) is 155 Å². The first kappa shape index (κ1) is 22.2. The molecule has 7 rings (SSSR count). The van der Waals surface area contributed by atoms with Gasteiger partial charge in [0.25, 0.3) is 10.1 Å². The Morgan fingerprint density at radius 3 is 2.42 bits per heavy atom. The zero-order valence-electron chi connectivity index (χ0n) is 18.3. The van der Waals surface area contributed by atoms with Crippen molar-refractivity contribution < 1.29 is 51.4 Å². The van der Waals surface area contributed by atoms with E-state index in [0.717, 1.165) is 33.1 Å². The fraction of sp³-hybridized carbons (Fsp3) is 0.905. The van der Waals surface area contributed by atoms with E-state index in [1.165, 1.54) is 0 Å². The van der Waals surface area contributed by atoms with Crippen LogP contribution in [0.1, 0.15) is 46.0 Å². The molecule has 11 nitrogen and oxygen atoms in total. The van der Waals surface area contributed by atoms with Gasteiger partial charge in [-0.1, -0.05) is 0 Å². The van der Waals surface area contributed by atoms with Crippen molar-refractivity contribution in [2.45, 2.75) is 87.2 Å². The Morgan fingerprint density at radius 1 is 1.12 bits per heavy atom. The average Bonchev–Trinajstić information content (AvgIpc) is 3.33. The molecule has 2 N–H and O–H groups in total. The highest BCUT2D eigenvalue weighted by molar-refractivity contribution is 7.88. The number of aliphatic hydroxyl groups is 1. The van der Waals surface area contributed by atoms with E-state index in [2.05, 4.69) is 0 Å². The van der Waals surface area contributed by atoms with Gasteiger partial charge in [0, 0.05) is 17.3 Å². The summed E-state index contributed by atoms with van der Waals surface area (Å²) in [7, 11) is -4.60. The van der Waals surface area contributed by atoms with Gasteiger partial charge in [-0.05, 0) is 51.9 Å². The minimum absolute atomic E-state index is 0.0201. The van der Waals surface area contributed by atoms with Crippen LogP contribution in [0.15, 0.2) is 0 Å². The standard InChI is InChI=1S/C21H28O11S/c1-19(2,33(25,26)27)18(24)28-8-20-5-9-3-10(6-20)21(11(4-9)7-20)31-15-14-13(30-17(15)32-21)12(22)16(23)29-14/h9-15,17,22H,3-8H2,1-2H3,(H,25,26,27). The van der Waals surface area contributed by atoms with Crippen LogP contribution in [0.4, 0.5) is 0 Å². The van der Waals surface area contributed by atoms with E-state index in [1.54, 1.807) is 0 Å². The quantitative estimate of drug-likeness (QED) is 0.410. The van der Waals surface area contributed by atoms with Crippen LogP contribution in [-0.4, -0.2) is 77.9 Å². The zero-order chi connectivity index (χ0) is 23.6. The molecular weight excluding hydrogens is 460 g/mol. The molecule has 3 heterocycles. The molecule has 0 aromatic heterocycles. The maximum Gasteiger partial charge on any atom is 0.338 e. The molecule has 4 aliphatic carbocycles. The molecule has 7 atom stereocenters. The molecule has 7 aliphatic rings. The van der Waals surface area contributed by atoms with Gasteiger partial charge in [-0.25, -0.2) is 4.79 Å². The minimum Gasteiger partial charge on any atom is -0.464 e. The van der Waals surface area contributed by atoms with Crippen LogP contribution < -0.4 is 0 Å². The van der Waals surface area contributed by atoms with Crippen molar-refractivity contribution >= 4 is 22.1 Å². The summed E-state index contributed by atoms with van der Waals surface area (Å²) < 4.78 is 59.9. The Kier molecular flexibility index (Phi) is 4.48. The molecule has 12 heteroatoms. The molecule has 0 aromatic carbocycles. The maximum absolute atomic E-state index is 12.5. The SMILES string of the molecule is CC(C)(C(=O)OCC12CC3CC(C1)C1(OC4OC5C(O)C(=O)OC5C4O1)C(C3)C2)S(=O)(=O)O. The highest BCUT2D eigenvalue weighted by atomic mass is 32.2. The van der Waals surface area contributed by atoms with Crippen LogP contribution in [-0.2, 0) is 43.4 Å². The molecule has 0 aromatic rings. The van der Waals surface area contributed by atoms with Crippen LogP contribution in [0.3, 0.4) is 0 Å². The number of fused-ring (bicyclic) bond motifs is 3. The van der Waals surface area contributed by atoms with E-state index in [9.17, 15) is 27.7 Å². The van der Waals surface area contributed by atoms with Crippen molar-refractivity contribution in [3.63, 3.8) is 0 Å². The summed E-state index contributed by atoms with van der Waals surface area (Å²) >= 11 is 0. The Hall–Kier alpha value is -1.31. The molecule has 3 aliphatic heterocycles. The lowest BCUT2D eigenvalue weighted by Gasteiger charge is -2.62. The average molecular weight is 489 g/mol. The second-order valence-corrected chi connectivity index (χ2v) is 13.1. The fourth-order valence-electron chi connectivity index (χ4n) is 7.17. The Balaban J connectivity index is 1.18. The van der Waals surface area contributed by atoms with Crippen molar-refractivity contribution in [3.05, 3.63) is 0 Å². The van der Waals surface area contributed by atoms with Crippen LogP contribution in [0, 0.1) is 23.2 Å². The van der Waals surface area contributed by atoms with E-state index < -0.39 is 63.3 Å². The molecule has 7 fully saturated rings. The molecule has 33 heavy (non-hydrogen) atoms. The van der Waals surface area contributed by atoms with Gasteiger partial charge in [-0.3, -0.25) is 9.35 Å². The van der Waals surface area contributed by atoms with E-state index in [4.69, 9.17) is 23.7 Å². The number of hydrogen-bond acceptors (Lipinski definition) is 10. The summed E-state index contributed by atoms with van der Waals surface area (Å²) in [5.74, 6) is -2.11. The third kappa shape index (κ3) is 2.94. The van der Waals surface area contributed by atoms with Crippen molar-refractivity contribution in [2.24, 2.45) is 23.2 Å². The molecule has 1 spiro atoms. The lowest BCUT2D eigenvalue weighted by Crippen LogP contribution is -2.63. The second kappa shape index (κ2) is 6.67. The second-order valence-electron chi connectivity index (χ2n) is 11.1. The Labute approximate surface area is 190 Å². The molecule has 184 valence electrons. The number of aliphatic hydroxyl groups excluding tert-OH is 1. The van der Waals surface area contributed by atoms with E-state index in [0.29, 0.717) is 18.8 Å². The van der Waals surface area contributed by atoms with Gasteiger partial charge in [-0.15, -0.1) is 0 Å². The van der Waals surface area contributed by atoms with Crippen molar-refractivity contribution in [1.29, 1.82) is 0 Å². The number of hydrogen-bond donors (Lipinski definition) is 2. The van der Waals surface area contributed by atoms with Crippen LogP contribution in [0.25, 0.3) is 0 Å². The normalized spacial score (nSPS) is 49.9. The summed E-state index contributed by atoms with van der Waals surface area (Å²) in [5, 5.41) is 9.97. The highest BCUT2D eigenvalue weighted by Gasteiger charge is 2.72. The largest absolute Gasteiger partial charge is 0.464 e. The van der Waals surface area contributed by atoms with Gasteiger partial charge in [0.15, 0.2) is 35.1 Å². The molecular formula is C21H28O11S. The third-order valence-corrected chi connectivity index (χ3v) is 10.2. The number of ether oxygens (including phenoxy) is 5. The predicted octanol–water partition coefficient (Wildman–Crippen LogP) is 0.145. The van der Waals surface area contributed by atoms with Gasteiger partial charge in [0.05, 0.1) is 6.61 Å². The highest BCUT2D eigenvalue weighted by Crippen LogP contribution is 2.67. The summed E-state index contributed by atoms with van der Waals surface area (Å²) in [6.07, 6.45) is -0.157. The minimum atomic E-state index is -4.60. The molecule has 0 radical (unpaired) electrons. The van der Waals surface area contributed by atoms with Gasteiger partial charge in [-0.2, -0.15) is 8.42 Å².